The molecule has 0 radical (unpaired) electrons. The maximum atomic E-state index is 12.1. The normalized spacial score (nSPS) is 12.1. The third-order valence-corrected chi connectivity index (χ3v) is 3.40. The van der Waals surface area contributed by atoms with Crippen LogP contribution < -0.4 is 0 Å². The molecule has 8 heteroatoms. The molecule has 78 valence electrons. The van der Waals surface area contributed by atoms with Crippen molar-refractivity contribution >= 4 is 35.7 Å². The molecule has 1 heterocycles. The van der Waals surface area contributed by atoms with Crippen LogP contribution in [0, 0.1) is 0 Å². The summed E-state index contributed by atoms with van der Waals surface area (Å²) in [5, 5.41) is -0.469. The minimum atomic E-state index is -4.01. The Balaban J connectivity index is 3.28. The summed E-state index contributed by atoms with van der Waals surface area (Å²) in [6.45, 7) is 0. The van der Waals surface area contributed by atoms with Crippen molar-refractivity contribution in [1.82, 2.24) is 4.98 Å². The maximum Gasteiger partial charge on any atom is 0.279 e. The average molecular weight is 307 g/mol. The van der Waals surface area contributed by atoms with E-state index >= 15 is 0 Å². The van der Waals surface area contributed by atoms with E-state index in [1.807, 2.05) is 0 Å². The molecule has 0 aliphatic rings. The molecule has 1 aromatic rings. The highest BCUT2D eigenvalue weighted by Gasteiger charge is 2.18. The smallest absolute Gasteiger partial charge is 0.242 e. The Labute approximate surface area is 91.6 Å². The molecule has 1 aromatic heterocycles. The van der Waals surface area contributed by atoms with Gasteiger partial charge in [-0.2, -0.15) is 0 Å². The zero-order valence-electron chi connectivity index (χ0n) is 6.42. The van der Waals surface area contributed by atoms with Gasteiger partial charge < -0.3 is 0 Å². The van der Waals surface area contributed by atoms with Crippen LogP contribution in [0.2, 0.25) is 0 Å². The Morgan fingerprint density at radius 2 is 2.07 bits per heavy atom. The van der Waals surface area contributed by atoms with Crippen LogP contribution in [0.15, 0.2) is 21.8 Å². The molecule has 0 saturated carbocycles. The second-order valence-electron chi connectivity index (χ2n) is 2.29. The quantitative estimate of drug-likeness (QED) is 0.789. The predicted molar refractivity (Wildman–Crippen MR) is 49.9 cm³/mol. The van der Waals surface area contributed by atoms with Gasteiger partial charge in [0.15, 0.2) is 5.03 Å². The van der Waals surface area contributed by atoms with Crippen LogP contribution >= 0.6 is 26.6 Å². The zero-order chi connectivity index (χ0) is 10.9. The molecule has 0 aliphatic heterocycles. The van der Waals surface area contributed by atoms with E-state index in [0.717, 1.165) is 12.3 Å². The lowest BCUT2D eigenvalue weighted by molar-refractivity contribution is 0.150. The van der Waals surface area contributed by atoms with Crippen LogP contribution in [-0.4, -0.2) is 13.4 Å². The molecule has 0 atom stereocenters. The van der Waals surface area contributed by atoms with Crippen LogP contribution in [-0.2, 0) is 9.05 Å². The fraction of sp³-hybridized carbons (Fsp3) is 0.167. The molecule has 0 aromatic carbocycles. The van der Waals surface area contributed by atoms with Crippen LogP contribution in [0.1, 0.15) is 12.0 Å². The molecule has 1 rings (SSSR count). The first kappa shape index (κ1) is 11.8. The van der Waals surface area contributed by atoms with Crippen molar-refractivity contribution < 1.29 is 17.2 Å². The summed E-state index contributed by atoms with van der Waals surface area (Å²) in [5.74, 6) is 0. The van der Waals surface area contributed by atoms with E-state index in [-0.39, 0.29) is 10.0 Å². The van der Waals surface area contributed by atoms with Gasteiger partial charge in [-0.3, -0.25) is 0 Å². The maximum absolute atomic E-state index is 12.1. The van der Waals surface area contributed by atoms with Crippen LogP contribution in [0.25, 0.3) is 0 Å². The van der Waals surface area contributed by atoms with E-state index in [1.165, 1.54) is 0 Å². The number of rotatable bonds is 2. The van der Waals surface area contributed by atoms with Gasteiger partial charge in [0.05, 0.1) is 4.47 Å². The molecule has 0 N–H and O–H groups in total. The number of halogens is 4. The number of nitrogens with zero attached hydrogens (tertiary/aromatic N) is 1. The van der Waals surface area contributed by atoms with Crippen molar-refractivity contribution in [3.63, 3.8) is 0 Å². The number of hydrogen-bond acceptors (Lipinski definition) is 3. The standard InChI is InChI=1S/C6H3BrClF2NO2S/c7-4-1-3(5(9)10)2-11-6(4)14(8,12)13/h1-2,5H. The van der Waals surface area contributed by atoms with Gasteiger partial charge in [0.1, 0.15) is 0 Å². The van der Waals surface area contributed by atoms with Gasteiger partial charge in [0.25, 0.3) is 15.5 Å². The SMILES string of the molecule is O=S(=O)(Cl)c1ncc(C(F)F)cc1Br. The zero-order valence-corrected chi connectivity index (χ0v) is 9.57. The highest BCUT2D eigenvalue weighted by molar-refractivity contribution is 9.10. The molecule has 0 bridgehead atoms. The summed E-state index contributed by atoms with van der Waals surface area (Å²) in [5.41, 5.74) is -0.374. The van der Waals surface area contributed by atoms with Gasteiger partial charge in [0.2, 0.25) is 0 Å². The number of hydrogen-bond donors (Lipinski definition) is 0. The van der Waals surface area contributed by atoms with Gasteiger partial charge in [-0.15, -0.1) is 0 Å². The molecule has 0 saturated heterocycles. The van der Waals surface area contributed by atoms with E-state index < -0.39 is 20.5 Å². The van der Waals surface area contributed by atoms with Crippen molar-refractivity contribution in [3.8, 4) is 0 Å². The van der Waals surface area contributed by atoms with E-state index in [9.17, 15) is 17.2 Å². The monoisotopic (exact) mass is 305 g/mol. The lowest BCUT2D eigenvalue weighted by atomic mass is 10.3. The minimum absolute atomic E-state index is 0.0784. The second kappa shape index (κ2) is 4.08. The van der Waals surface area contributed by atoms with Gasteiger partial charge in [-0.1, -0.05) is 0 Å². The van der Waals surface area contributed by atoms with Crippen molar-refractivity contribution in [2.75, 3.05) is 0 Å². The molecular weight excluding hydrogens is 303 g/mol. The van der Waals surface area contributed by atoms with E-state index in [4.69, 9.17) is 10.7 Å². The Hall–Kier alpha value is -0.270. The van der Waals surface area contributed by atoms with E-state index in [0.29, 0.717) is 0 Å². The molecule has 0 spiro atoms. The first-order valence-corrected chi connectivity index (χ1v) is 6.31. The fourth-order valence-corrected chi connectivity index (χ4v) is 2.86. The summed E-state index contributed by atoms with van der Waals surface area (Å²) >= 11 is 2.79. The van der Waals surface area contributed by atoms with Gasteiger partial charge in [-0.25, -0.2) is 22.2 Å². The van der Waals surface area contributed by atoms with Crippen LogP contribution in [0.3, 0.4) is 0 Å². The molecule has 0 fully saturated rings. The predicted octanol–water partition coefficient (Wildman–Crippen LogP) is 2.71. The second-order valence-corrected chi connectivity index (χ2v) is 5.63. The third-order valence-electron chi connectivity index (χ3n) is 1.31. The average Bonchev–Trinajstić information content (AvgIpc) is 2.01. The first-order valence-electron chi connectivity index (χ1n) is 3.20. The van der Waals surface area contributed by atoms with E-state index in [2.05, 4.69) is 20.9 Å². The first-order chi connectivity index (χ1) is 6.32. The lowest BCUT2D eigenvalue weighted by Crippen LogP contribution is -1.98. The summed E-state index contributed by atoms with van der Waals surface area (Å²) in [6.07, 6.45) is -1.93. The Morgan fingerprint density at radius 1 is 1.50 bits per heavy atom. The molecule has 0 aliphatic carbocycles. The summed E-state index contributed by atoms with van der Waals surface area (Å²) in [4.78, 5) is 3.32. The van der Waals surface area contributed by atoms with Crippen LogP contribution in [0.5, 0.6) is 0 Å². The van der Waals surface area contributed by atoms with Crippen molar-refractivity contribution in [2.24, 2.45) is 0 Å². The summed E-state index contributed by atoms with van der Waals surface area (Å²) in [6, 6.07) is 0.965. The summed E-state index contributed by atoms with van der Waals surface area (Å²) in [7, 11) is 0.981. The Bertz CT molecular complexity index is 451. The van der Waals surface area contributed by atoms with Crippen molar-refractivity contribution in [2.45, 2.75) is 11.5 Å². The summed E-state index contributed by atoms with van der Waals surface area (Å²) < 4.78 is 45.8. The lowest BCUT2D eigenvalue weighted by Gasteiger charge is -2.02. The molecule has 0 amide bonds. The topological polar surface area (TPSA) is 47.0 Å². The molecule has 0 unspecified atom stereocenters. The van der Waals surface area contributed by atoms with Gasteiger partial charge >= 0.3 is 0 Å². The van der Waals surface area contributed by atoms with Crippen molar-refractivity contribution in [3.05, 3.63) is 22.3 Å². The molecule has 3 nitrogen and oxygen atoms in total. The van der Waals surface area contributed by atoms with Gasteiger partial charge in [0, 0.05) is 22.4 Å². The molecular formula is C6H3BrClF2NO2S. The fourth-order valence-electron chi connectivity index (χ4n) is 0.739. The number of pyridine rings is 1. The minimum Gasteiger partial charge on any atom is -0.242 e. The third kappa shape index (κ3) is 2.61. The number of alkyl halides is 2. The Morgan fingerprint density at radius 3 is 2.43 bits per heavy atom. The largest absolute Gasteiger partial charge is 0.279 e. The van der Waals surface area contributed by atoms with Crippen LogP contribution in [0.4, 0.5) is 8.78 Å². The van der Waals surface area contributed by atoms with E-state index in [1.54, 1.807) is 0 Å². The van der Waals surface area contributed by atoms with Gasteiger partial charge in [-0.05, 0) is 22.0 Å². The Kier molecular flexibility index (Phi) is 3.44. The number of aromatic nitrogens is 1. The van der Waals surface area contributed by atoms with Crippen molar-refractivity contribution in [1.29, 1.82) is 0 Å². The highest BCUT2D eigenvalue weighted by atomic mass is 79.9. The highest BCUT2D eigenvalue weighted by Crippen LogP contribution is 2.27. The molecule has 14 heavy (non-hydrogen) atoms.